The minimum atomic E-state index is 0.631. The summed E-state index contributed by atoms with van der Waals surface area (Å²) in [7, 11) is 0. The molecule has 2 rings (SSSR count). The van der Waals surface area contributed by atoms with Gasteiger partial charge in [-0.3, -0.25) is 0 Å². The number of rotatable bonds is 4. The Morgan fingerprint density at radius 3 is 2.31 bits per heavy atom. The van der Waals surface area contributed by atoms with Crippen molar-refractivity contribution in [1.82, 2.24) is 10.1 Å². The molecular weight excluding hydrogens is 202 g/mol. The summed E-state index contributed by atoms with van der Waals surface area (Å²) in [5.74, 6) is 0.631. The van der Waals surface area contributed by atoms with Gasteiger partial charge in [0, 0.05) is 24.3 Å². The maximum absolute atomic E-state index is 4.72. The summed E-state index contributed by atoms with van der Waals surface area (Å²) in [6.07, 6.45) is 1.34. The van der Waals surface area contributed by atoms with Gasteiger partial charge in [0.05, 0.1) is 0 Å². The van der Waals surface area contributed by atoms with Crippen molar-refractivity contribution in [3.05, 3.63) is 30.7 Å². The third-order valence-electron chi connectivity index (χ3n) is 2.62. The Bertz CT molecular complexity index is 418. The topological polar surface area (TPSA) is 42.2 Å². The predicted molar refractivity (Wildman–Crippen MR) is 63.3 cm³/mol. The van der Waals surface area contributed by atoms with E-state index in [4.69, 9.17) is 4.52 Å². The highest BCUT2D eigenvalue weighted by molar-refractivity contribution is 5.59. The Hall–Kier alpha value is -1.84. The van der Waals surface area contributed by atoms with E-state index in [9.17, 15) is 0 Å². The van der Waals surface area contributed by atoms with Crippen molar-refractivity contribution in [3.63, 3.8) is 0 Å². The van der Waals surface area contributed by atoms with E-state index in [1.165, 1.54) is 12.1 Å². The maximum Gasteiger partial charge on any atom is 0.214 e. The first-order chi connectivity index (χ1) is 7.85. The molecule has 0 bridgehead atoms. The van der Waals surface area contributed by atoms with Crippen molar-refractivity contribution in [2.24, 2.45) is 0 Å². The van der Waals surface area contributed by atoms with Gasteiger partial charge in [-0.15, -0.1) is 0 Å². The number of hydrogen-bond donors (Lipinski definition) is 0. The van der Waals surface area contributed by atoms with Crippen molar-refractivity contribution in [1.29, 1.82) is 0 Å². The highest BCUT2D eigenvalue weighted by Gasteiger charge is 2.04. The van der Waals surface area contributed by atoms with Gasteiger partial charge in [0.15, 0.2) is 0 Å². The minimum absolute atomic E-state index is 0.631. The number of nitrogens with zero attached hydrogens (tertiary/aromatic N) is 3. The van der Waals surface area contributed by atoms with Crippen LogP contribution in [0.15, 0.2) is 35.2 Å². The molecule has 0 aliphatic carbocycles. The molecule has 0 amide bonds. The quantitative estimate of drug-likeness (QED) is 0.789. The van der Waals surface area contributed by atoms with Crippen LogP contribution in [-0.2, 0) is 0 Å². The summed E-state index contributed by atoms with van der Waals surface area (Å²) in [5.41, 5.74) is 2.20. The Kier molecular flexibility index (Phi) is 3.19. The molecule has 0 N–H and O–H groups in total. The molecule has 0 spiro atoms. The molecule has 2 aromatic rings. The molecule has 1 aromatic carbocycles. The third-order valence-corrected chi connectivity index (χ3v) is 2.62. The SMILES string of the molecule is CCN(CC)c1ccc(-c2ncon2)cc1. The zero-order chi connectivity index (χ0) is 11.4. The second-order valence-electron chi connectivity index (χ2n) is 3.47. The molecular formula is C12H15N3O. The fourth-order valence-electron chi connectivity index (χ4n) is 1.71. The molecule has 1 aromatic heterocycles. The summed E-state index contributed by atoms with van der Waals surface area (Å²) in [5, 5.41) is 3.80. The van der Waals surface area contributed by atoms with Crippen LogP contribution in [0.1, 0.15) is 13.8 Å². The largest absolute Gasteiger partial charge is 0.372 e. The second-order valence-corrected chi connectivity index (χ2v) is 3.47. The molecule has 0 saturated carbocycles. The Balaban J connectivity index is 2.22. The van der Waals surface area contributed by atoms with Crippen LogP contribution in [0.5, 0.6) is 0 Å². The lowest BCUT2D eigenvalue weighted by Crippen LogP contribution is -2.21. The van der Waals surface area contributed by atoms with Gasteiger partial charge in [0.1, 0.15) is 0 Å². The number of benzene rings is 1. The normalized spacial score (nSPS) is 10.4. The monoisotopic (exact) mass is 217 g/mol. The van der Waals surface area contributed by atoms with Gasteiger partial charge in [-0.05, 0) is 38.1 Å². The van der Waals surface area contributed by atoms with Crippen LogP contribution in [0.25, 0.3) is 11.4 Å². The van der Waals surface area contributed by atoms with Crippen LogP contribution in [0.4, 0.5) is 5.69 Å². The van der Waals surface area contributed by atoms with E-state index in [1.807, 2.05) is 12.1 Å². The fraction of sp³-hybridized carbons (Fsp3) is 0.333. The van der Waals surface area contributed by atoms with E-state index in [0.717, 1.165) is 18.7 Å². The van der Waals surface area contributed by atoms with Crippen molar-refractivity contribution in [2.45, 2.75) is 13.8 Å². The van der Waals surface area contributed by atoms with Crippen molar-refractivity contribution in [2.75, 3.05) is 18.0 Å². The van der Waals surface area contributed by atoms with Gasteiger partial charge in [-0.2, -0.15) is 4.98 Å². The van der Waals surface area contributed by atoms with E-state index in [2.05, 4.69) is 41.0 Å². The molecule has 0 radical (unpaired) electrons. The van der Waals surface area contributed by atoms with Crippen molar-refractivity contribution in [3.8, 4) is 11.4 Å². The number of aromatic nitrogens is 2. The van der Waals surface area contributed by atoms with Gasteiger partial charge in [-0.25, -0.2) is 0 Å². The number of anilines is 1. The van der Waals surface area contributed by atoms with E-state index < -0.39 is 0 Å². The highest BCUT2D eigenvalue weighted by Crippen LogP contribution is 2.20. The third kappa shape index (κ3) is 2.05. The van der Waals surface area contributed by atoms with Crippen LogP contribution < -0.4 is 4.90 Å². The average Bonchev–Trinajstić information content (AvgIpc) is 2.85. The van der Waals surface area contributed by atoms with Gasteiger partial charge in [0.2, 0.25) is 12.2 Å². The summed E-state index contributed by atoms with van der Waals surface area (Å²) in [6, 6.07) is 8.19. The summed E-state index contributed by atoms with van der Waals surface area (Å²) in [6.45, 7) is 6.32. The van der Waals surface area contributed by atoms with E-state index in [-0.39, 0.29) is 0 Å². The van der Waals surface area contributed by atoms with Gasteiger partial charge in [0.25, 0.3) is 0 Å². The maximum atomic E-state index is 4.72. The molecule has 4 heteroatoms. The fourth-order valence-corrected chi connectivity index (χ4v) is 1.71. The van der Waals surface area contributed by atoms with Crippen molar-refractivity contribution >= 4 is 5.69 Å². The van der Waals surface area contributed by atoms with Crippen molar-refractivity contribution < 1.29 is 4.52 Å². The highest BCUT2D eigenvalue weighted by atomic mass is 16.5. The van der Waals surface area contributed by atoms with E-state index >= 15 is 0 Å². The molecule has 84 valence electrons. The van der Waals surface area contributed by atoms with E-state index in [1.54, 1.807) is 0 Å². The van der Waals surface area contributed by atoms with Gasteiger partial charge in [-0.1, -0.05) is 5.16 Å². The van der Waals surface area contributed by atoms with Crippen LogP contribution >= 0.6 is 0 Å². The zero-order valence-electron chi connectivity index (χ0n) is 9.55. The predicted octanol–water partition coefficient (Wildman–Crippen LogP) is 2.58. The molecule has 1 heterocycles. The first-order valence-electron chi connectivity index (χ1n) is 5.47. The summed E-state index contributed by atoms with van der Waals surface area (Å²) >= 11 is 0. The molecule has 16 heavy (non-hydrogen) atoms. The van der Waals surface area contributed by atoms with Gasteiger partial charge < -0.3 is 9.42 Å². The lowest BCUT2D eigenvalue weighted by atomic mass is 10.2. The first-order valence-corrected chi connectivity index (χ1v) is 5.47. The van der Waals surface area contributed by atoms with Crippen LogP contribution in [0, 0.1) is 0 Å². The molecule has 0 atom stereocenters. The standard InChI is InChI=1S/C12H15N3O/c1-3-15(4-2)11-7-5-10(6-8-11)12-13-9-16-14-12/h5-9H,3-4H2,1-2H3. The molecule has 0 aliphatic rings. The Morgan fingerprint density at radius 1 is 1.12 bits per heavy atom. The minimum Gasteiger partial charge on any atom is -0.372 e. The molecule has 0 fully saturated rings. The van der Waals surface area contributed by atoms with Crippen LogP contribution in [0.3, 0.4) is 0 Å². The lowest BCUT2D eigenvalue weighted by molar-refractivity contribution is 0.419. The zero-order valence-corrected chi connectivity index (χ0v) is 9.55. The van der Waals surface area contributed by atoms with E-state index in [0.29, 0.717) is 5.82 Å². The average molecular weight is 217 g/mol. The Labute approximate surface area is 94.9 Å². The van der Waals surface area contributed by atoms with Crippen LogP contribution in [0.2, 0.25) is 0 Å². The Morgan fingerprint density at radius 2 is 1.81 bits per heavy atom. The molecule has 0 aliphatic heterocycles. The second kappa shape index (κ2) is 4.79. The molecule has 0 saturated heterocycles. The summed E-state index contributed by atoms with van der Waals surface area (Å²) in [4.78, 5) is 6.30. The van der Waals surface area contributed by atoms with Gasteiger partial charge >= 0.3 is 0 Å². The first kappa shape index (κ1) is 10.7. The number of hydrogen-bond acceptors (Lipinski definition) is 4. The smallest absolute Gasteiger partial charge is 0.214 e. The molecule has 4 nitrogen and oxygen atoms in total. The summed E-state index contributed by atoms with van der Waals surface area (Å²) < 4.78 is 4.72. The lowest BCUT2D eigenvalue weighted by Gasteiger charge is -2.20. The van der Waals surface area contributed by atoms with Crippen LogP contribution in [-0.4, -0.2) is 23.2 Å². The molecule has 0 unspecified atom stereocenters.